The van der Waals surface area contributed by atoms with Crippen molar-refractivity contribution in [2.45, 2.75) is 64.8 Å². The van der Waals surface area contributed by atoms with Crippen LogP contribution >= 0.6 is 0 Å². The third-order valence-electron chi connectivity index (χ3n) is 4.00. The lowest BCUT2D eigenvalue weighted by molar-refractivity contribution is 0.268. The van der Waals surface area contributed by atoms with Gasteiger partial charge in [-0.3, -0.25) is 0 Å². The molecule has 0 radical (unpaired) electrons. The van der Waals surface area contributed by atoms with Crippen LogP contribution in [0.15, 0.2) is 0 Å². The third-order valence-corrected chi connectivity index (χ3v) is 4.00. The van der Waals surface area contributed by atoms with Crippen LogP contribution < -0.4 is 5.73 Å². The Balaban J connectivity index is 2.52. The lowest BCUT2D eigenvalue weighted by Gasteiger charge is -2.32. The zero-order valence-electron chi connectivity index (χ0n) is 9.47. The van der Waals surface area contributed by atoms with Gasteiger partial charge in [0.15, 0.2) is 0 Å². The van der Waals surface area contributed by atoms with Crippen LogP contribution in [0.25, 0.3) is 0 Å². The van der Waals surface area contributed by atoms with E-state index in [2.05, 4.69) is 20.8 Å². The summed E-state index contributed by atoms with van der Waals surface area (Å²) in [6.45, 7) is 6.85. The summed E-state index contributed by atoms with van der Waals surface area (Å²) in [5.74, 6) is 1.59. The summed E-state index contributed by atoms with van der Waals surface area (Å²) in [5.41, 5.74) is 6.56. The van der Waals surface area contributed by atoms with E-state index in [9.17, 15) is 0 Å². The number of rotatable bonds is 2. The smallest absolute Gasteiger partial charge is 0.0177 e. The fraction of sp³-hybridized carbons (Fsp3) is 1.00. The molecule has 1 heteroatoms. The maximum atomic E-state index is 6.42. The molecule has 78 valence electrons. The molecule has 2 atom stereocenters. The molecule has 0 aromatic carbocycles. The molecule has 1 saturated carbocycles. The standard InChI is InChI=1S/C12H25N/c1-4-11-6-5-8-12(13,9-7-11)10(2)3/h10-11H,4-9,13H2,1-3H3. The maximum Gasteiger partial charge on any atom is 0.0177 e. The normalized spacial score (nSPS) is 36.2. The van der Waals surface area contributed by atoms with Gasteiger partial charge in [-0.1, -0.05) is 40.0 Å². The summed E-state index contributed by atoms with van der Waals surface area (Å²) in [4.78, 5) is 0. The van der Waals surface area contributed by atoms with Gasteiger partial charge in [-0.15, -0.1) is 0 Å². The van der Waals surface area contributed by atoms with Crippen LogP contribution in [0.1, 0.15) is 59.3 Å². The van der Waals surface area contributed by atoms with E-state index in [0.29, 0.717) is 5.92 Å². The molecular weight excluding hydrogens is 158 g/mol. The molecule has 0 saturated heterocycles. The monoisotopic (exact) mass is 183 g/mol. The molecule has 1 rings (SSSR count). The van der Waals surface area contributed by atoms with Gasteiger partial charge >= 0.3 is 0 Å². The van der Waals surface area contributed by atoms with Gasteiger partial charge in [0.05, 0.1) is 0 Å². The Bertz CT molecular complexity index is 153. The Kier molecular flexibility index (Phi) is 3.78. The minimum Gasteiger partial charge on any atom is -0.325 e. The Hall–Kier alpha value is -0.0400. The fourth-order valence-corrected chi connectivity index (χ4v) is 2.45. The first-order valence-electron chi connectivity index (χ1n) is 5.87. The molecule has 0 heterocycles. The minimum absolute atomic E-state index is 0.143. The first-order chi connectivity index (χ1) is 6.08. The average Bonchev–Trinajstić information content (AvgIpc) is 2.28. The van der Waals surface area contributed by atoms with Crippen molar-refractivity contribution in [1.82, 2.24) is 0 Å². The quantitative estimate of drug-likeness (QED) is 0.653. The van der Waals surface area contributed by atoms with Crippen molar-refractivity contribution in [2.75, 3.05) is 0 Å². The highest BCUT2D eigenvalue weighted by Gasteiger charge is 2.31. The molecule has 1 aliphatic rings. The second-order valence-electron chi connectivity index (χ2n) is 5.09. The number of hydrogen-bond acceptors (Lipinski definition) is 1. The van der Waals surface area contributed by atoms with E-state index in [-0.39, 0.29) is 5.54 Å². The summed E-state index contributed by atoms with van der Waals surface area (Å²) in [6, 6.07) is 0. The van der Waals surface area contributed by atoms with Crippen LogP contribution in [0.5, 0.6) is 0 Å². The van der Waals surface area contributed by atoms with Gasteiger partial charge in [0.2, 0.25) is 0 Å². The summed E-state index contributed by atoms with van der Waals surface area (Å²) in [7, 11) is 0. The van der Waals surface area contributed by atoms with Crippen LogP contribution in [-0.2, 0) is 0 Å². The Labute approximate surface area is 83.1 Å². The summed E-state index contributed by atoms with van der Waals surface area (Å²) < 4.78 is 0. The van der Waals surface area contributed by atoms with E-state index in [1.165, 1.54) is 38.5 Å². The lowest BCUT2D eigenvalue weighted by atomic mass is 9.80. The van der Waals surface area contributed by atoms with E-state index in [1.807, 2.05) is 0 Å². The van der Waals surface area contributed by atoms with Gasteiger partial charge in [-0.05, 0) is 31.1 Å². The molecule has 0 aromatic rings. The van der Waals surface area contributed by atoms with Crippen LogP contribution in [0.4, 0.5) is 0 Å². The lowest BCUT2D eigenvalue weighted by Crippen LogP contribution is -2.44. The molecule has 2 N–H and O–H groups in total. The number of hydrogen-bond donors (Lipinski definition) is 1. The van der Waals surface area contributed by atoms with Gasteiger partial charge in [0, 0.05) is 5.54 Å². The van der Waals surface area contributed by atoms with Crippen molar-refractivity contribution in [3.8, 4) is 0 Å². The highest BCUT2D eigenvalue weighted by atomic mass is 14.8. The molecule has 0 amide bonds. The first-order valence-corrected chi connectivity index (χ1v) is 5.87. The summed E-state index contributed by atoms with van der Waals surface area (Å²) in [6.07, 6.45) is 7.92. The van der Waals surface area contributed by atoms with Crippen LogP contribution in [-0.4, -0.2) is 5.54 Å². The van der Waals surface area contributed by atoms with Crippen molar-refractivity contribution in [1.29, 1.82) is 0 Å². The topological polar surface area (TPSA) is 26.0 Å². The van der Waals surface area contributed by atoms with Gasteiger partial charge in [-0.2, -0.15) is 0 Å². The highest BCUT2D eigenvalue weighted by molar-refractivity contribution is 4.90. The largest absolute Gasteiger partial charge is 0.325 e. The third kappa shape index (κ3) is 2.70. The second-order valence-corrected chi connectivity index (χ2v) is 5.09. The van der Waals surface area contributed by atoms with E-state index in [0.717, 1.165) is 5.92 Å². The van der Waals surface area contributed by atoms with Crippen molar-refractivity contribution in [3.05, 3.63) is 0 Å². The molecular formula is C12H25N. The molecule has 0 aliphatic heterocycles. The van der Waals surface area contributed by atoms with E-state index >= 15 is 0 Å². The van der Waals surface area contributed by atoms with Gasteiger partial charge in [0.25, 0.3) is 0 Å². The van der Waals surface area contributed by atoms with Crippen molar-refractivity contribution < 1.29 is 0 Å². The predicted molar refractivity (Wildman–Crippen MR) is 58.6 cm³/mol. The molecule has 0 spiro atoms. The number of nitrogens with two attached hydrogens (primary N) is 1. The molecule has 1 fully saturated rings. The fourth-order valence-electron chi connectivity index (χ4n) is 2.45. The molecule has 1 aliphatic carbocycles. The van der Waals surface area contributed by atoms with Gasteiger partial charge in [0.1, 0.15) is 0 Å². The SMILES string of the molecule is CCC1CCCC(N)(C(C)C)CC1. The molecule has 13 heavy (non-hydrogen) atoms. The summed E-state index contributed by atoms with van der Waals surface area (Å²) >= 11 is 0. The van der Waals surface area contributed by atoms with Crippen molar-refractivity contribution in [2.24, 2.45) is 17.6 Å². The highest BCUT2D eigenvalue weighted by Crippen LogP contribution is 2.34. The Morgan fingerprint density at radius 1 is 1.31 bits per heavy atom. The van der Waals surface area contributed by atoms with E-state index in [1.54, 1.807) is 0 Å². The average molecular weight is 183 g/mol. The van der Waals surface area contributed by atoms with Crippen LogP contribution in [0.3, 0.4) is 0 Å². The Morgan fingerprint density at radius 3 is 2.54 bits per heavy atom. The molecule has 0 bridgehead atoms. The zero-order valence-corrected chi connectivity index (χ0v) is 9.47. The predicted octanol–water partition coefficient (Wildman–Crippen LogP) is 3.33. The van der Waals surface area contributed by atoms with Crippen molar-refractivity contribution in [3.63, 3.8) is 0 Å². The molecule has 2 unspecified atom stereocenters. The van der Waals surface area contributed by atoms with Crippen LogP contribution in [0, 0.1) is 11.8 Å². The van der Waals surface area contributed by atoms with Gasteiger partial charge < -0.3 is 5.73 Å². The van der Waals surface area contributed by atoms with E-state index < -0.39 is 0 Å². The second kappa shape index (κ2) is 4.45. The molecule has 1 nitrogen and oxygen atoms in total. The van der Waals surface area contributed by atoms with E-state index in [4.69, 9.17) is 5.73 Å². The summed E-state index contributed by atoms with van der Waals surface area (Å²) in [5, 5.41) is 0. The van der Waals surface area contributed by atoms with Crippen LogP contribution in [0.2, 0.25) is 0 Å². The minimum atomic E-state index is 0.143. The van der Waals surface area contributed by atoms with Gasteiger partial charge in [-0.25, -0.2) is 0 Å². The zero-order chi connectivity index (χ0) is 9.90. The maximum absolute atomic E-state index is 6.42. The Morgan fingerprint density at radius 2 is 2.00 bits per heavy atom. The first kappa shape index (κ1) is 11.0. The van der Waals surface area contributed by atoms with Crippen molar-refractivity contribution >= 4 is 0 Å². The molecule has 0 aromatic heterocycles.